The zero-order valence-corrected chi connectivity index (χ0v) is 12.1. The number of amidine groups is 1. The first-order valence-electron chi connectivity index (χ1n) is 6.79. The number of anilines is 1. The van der Waals surface area contributed by atoms with Crippen molar-refractivity contribution in [1.29, 1.82) is 0 Å². The van der Waals surface area contributed by atoms with Gasteiger partial charge in [0.05, 0.1) is 4.92 Å². The second-order valence-corrected chi connectivity index (χ2v) is 5.66. The van der Waals surface area contributed by atoms with E-state index in [1.807, 2.05) is 4.90 Å². The molecule has 2 rings (SSSR count). The minimum atomic E-state index is -0.486. The summed E-state index contributed by atoms with van der Waals surface area (Å²) in [5.74, 6) is 1.06. The molecule has 2 heterocycles. The molecule has 1 aromatic rings. The molecule has 0 amide bonds. The molecule has 0 saturated carbocycles. The molecule has 1 fully saturated rings. The number of aromatic nitrogens is 1. The third kappa shape index (κ3) is 3.21. The molecule has 8 nitrogen and oxygen atoms in total. The van der Waals surface area contributed by atoms with Crippen molar-refractivity contribution in [2.24, 2.45) is 22.7 Å². The Balaban J connectivity index is 2.41. The van der Waals surface area contributed by atoms with Crippen LogP contribution in [0.4, 0.5) is 11.5 Å². The molecule has 0 aliphatic carbocycles. The summed E-state index contributed by atoms with van der Waals surface area (Å²) >= 11 is 0. The SMILES string of the molecule is CC1CC(C)CN(c2ncc(C(N)=NO)cc2[N+](=O)[O-])C1. The Hall–Kier alpha value is -2.38. The highest BCUT2D eigenvalue weighted by molar-refractivity contribution is 5.97. The molecule has 2 atom stereocenters. The van der Waals surface area contributed by atoms with Gasteiger partial charge in [-0.2, -0.15) is 0 Å². The van der Waals surface area contributed by atoms with Crippen LogP contribution in [0, 0.1) is 22.0 Å². The standard InChI is InChI=1S/C13H19N5O3/c1-8-3-9(2)7-17(6-8)13-11(18(20)21)4-10(5-15-13)12(14)16-19/h4-5,8-9,19H,3,6-7H2,1-2H3,(H2,14,16). The summed E-state index contributed by atoms with van der Waals surface area (Å²) in [5.41, 5.74) is 5.56. The summed E-state index contributed by atoms with van der Waals surface area (Å²) in [6, 6.07) is 1.29. The number of oxime groups is 1. The van der Waals surface area contributed by atoms with Crippen LogP contribution in [0.1, 0.15) is 25.8 Å². The van der Waals surface area contributed by atoms with E-state index in [4.69, 9.17) is 10.9 Å². The van der Waals surface area contributed by atoms with Crippen LogP contribution in [0.5, 0.6) is 0 Å². The summed E-state index contributed by atoms with van der Waals surface area (Å²) in [6.45, 7) is 5.72. The number of hydrogen-bond donors (Lipinski definition) is 2. The Kier molecular flexibility index (Phi) is 4.25. The number of hydrogen-bond acceptors (Lipinski definition) is 6. The van der Waals surface area contributed by atoms with Gasteiger partial charge in [-0.25, -0.2) is 4.98 Å². The Labute approximate surface area is 122 Å². The van der Waals surface area contributed by atoms with Gasteiger partial charge in [-0.15, -0.1) is 0 Å². The van der Waals surface area contributed by atoms with Gasteiger partial charge in [0.1, 0.15) is 0 Å². The molecule has 0 aromatic carbocycles. The first-order chi connectivity index (χ1) is 9.92. The molecule has 0 spiro atoms. The fourth-order valence-electron chi connectivity index (χ4n) is 2.86. The molecule has 21 heavy (non-hydrogen) atoms. The van der Waals surface area contributed by atoms with E-state index in [1.54, 1.807) is 0 Å². The van der Waals surface area contributed by atoms with Crippen molar-refractivity contribution in [3.63, 3.8) is 0 Å². The van der Waals surface area contributed by atoms with E-state index in [0.29, 0.717) is 17.7 Å². The summed E-state index contributed by atoms with van der Waals surface area (Å²) in [4.78, 5) is 16.9. The van der Waals surface area contributed by atoms with Crippen molar-refractivity contribution >= 4 is 17.3 Å². The van der Waals surface area contributed by atoms with E-state index in [0.717, 1.165) is 19.5 Å². The van der Waals surface area contributed by atoms with Gasteiger partial charge in [-0.05, 0) is 18.3 Å². The Morgan fingerprint density at radius 2 is 2.14 bits per heavy atom. The largest absolute Gasteiger partial charge is 0.409 e. The molecule has 1 aliphatic rings. The molecule has 114 valence electrons. The number of nitro groups is 1. The monoisotopic (exact) mass is 293 g/mol. The number of pyridine rings is 1. The van der Waals surface area contributed by atoms with Crippen LogP contribution < -0.4 is 10.6 Å². The number of rotatable bonds is 3. The second-order valence-electron chi connectivity index (χ2n) is 5.66. The summed E-state index contributed by atoms with van der Waals surface area (Å²) in [6.07, 6.45) is 2.49. The molecule has 0 radical (unpaired) electrons. The predicted octanol–water partition coefficient (Wildman–Crippen LogP) is 1.57. The van der Waals surface area contributed by atoms with Crippen LogP contribution in [0.3, 0.4) is 0 Å². The maximum Gasteiger partial charge on any atom is 0.312 e. The average Bonchev–Trinajstić information content (AvgIpc) is 2.44. The predicted molar refractivity (Wildman–Crippen MR) is 78.6 cm³/mol. The van der Waals surface area contributed by atoms with Gasteiger partial charge in [0.2, 0.25) is 5.82 Å². The second kappa shape index (κ2) is 5.94. The Bertz CT molecular complexity index is 565. The van der Waals surface area contributed by atoms with Crippen LogP contribution in [0.15, 0.2) is 17.4 Å². The zero-order valence-electron chi connectivity index (χ0n) is 12.1. The van der Waals surface area contributed by atoms with E-state index in [-0.39, 0.29) is 17.1 Å². The third-order valence-corrected chi connectivity index (χ3v) is 3.62. The lowest BCUT2D eigenvalue weighted by atomic mass is 9.92. The molecule has 8 heteroatoms. The van der Waals surface area contributed by atoms with Crippen molar-refractivity contribution in [3.8, 4) is 0 Å². The maximum atomic E-state index is 11.3. The van der Waals surface area contributed by atoms with Crippen LogP contribution in [0.2, 0.25) is 0 Å². The average molecular weight is 293 g/mol. The first kappa shape index (κ1) is 15.0. The molecule has 0 bridgehead atoms. The molecule has 3 N–H and O–H groups in total. The van der Waals surface area contributed by atoms with Crippen molar-refractivity contribution in [3.05, 3.63) is 27.9 Å². The van der Waals surface area contributed by atoms with E-state index in [9.17, 15) is 10.1 Å². The van der Waals surface area contributed by atoms with Crippen molar-refractivity contribution < 1.29 is 10.1 Å². The van der Waals surface area contributed by atoms with Crippen LogP contribution in [-0.4, -0.2) is 34.0 Å². The van der Waals surface area contributed by atoms with Gasteiger partial charge in [0.25, 0.3) is 0 Å². The highest BCUT2D eigenvalue weighted by Gasteiger charge is 2.28. The summed E-state index contributed by atoms with van der Waals surface area (Å²) in [5, 5.41) is 22.8. The normalized spacial score (nSPS) is 23.1. The number of nitrogens with zero attached hydrogens (tertiary/aromatic N) is 4. The van der Waals surface area contributed by atoms with Gasteiger partial charge in [-0.1, -0.05) is 19.0 Å². The minimum Gasteiger partial charge on any atom is -0.409 e. The maximum absolute atomic E-state index is 11.3. The lowest BCUT2D eigenvalue weighted by Crippen LogP contribution is -2.39. The Morgan fingerprint density at radius 1 is 1.52 bits per heavy atom. The van der Waals surface area contributed by atoms with E-state index < -0.39 is 4.92 Å². The molecule has 1 saturated heterocycles. The lowest BCUT2D eigenvalue weighted by Gasteiger charge is -2.35. The highest BCUT2D eigenvalue weighted by atomic mass is 16.6. The van der Waals surface area contributed by atoms with E-state index in [2.05, 4.69) is 24.0 Å². The fourth-order valence-corrected chi connectivity index (χ4v) is 2.86. The van der Waals surface area contributed by atoms with Crippen molar-refractivity contribution in [2.75, 3.05) is 18.0 Å². The topological polar surface area (TPSA) is 118 Å². The molecule has 1 aliphatic heterocycles. The van der Waals surface area contributed by atoms with Crippen molar-refractivity contribution in [1.82, 2.24) is 4.98 Å². The summed E-state index contributed by atoms with van der Waals surface area (Å²) < 4.78 is 0. The molecule has 1 aromatic heterocycles. The van der Waals surface area contributed by atoms with E-state index >= 15 is 0 Å². The van der Waals surface area contributed by atoms with Gasteiger partial charge < -0.3 is 15.8 Å². The smallest absolute Gasteiger partial charge is 0.312 e. The molecular formula is C13H19N5O3. The zero-order chi connectivity index (χ0) is 15.6. The highest BCUT2D eigenvalue weighted by Crippen LogP contribution is 2.31. The van der Waals surface area contributed by atoms with E-state index in [1.165, 1.54) is 12.3 Å². The minimum absolute atomic E-state index is 0.125. The van der Waals surface area contributed by atoms with Crippen LogP contribution >= 0.6 is 0 Å². The molecule has 2 unspecified atom stereocenters. The third-order valence-electron chi connectivity index (χ3n) is 3.62. The van der Waals surface area contributed by atoms with Crippen LogP contribution in [-0.2, 0) is 0 Å². The molecular weight excluding hydrogens is 274 g/mol. The fraction of sp³-hybridized carbons (Fsp3) is 0.538. The first-order valence-corrected chi connectivity index (χ1v) is 6.79. The lowest BCUT2D eigenvalue weighted by molar-refractivity contribution is -0.384. The van der Waals surface area contributed by atoms with Gasteiger partial charge in [0, 0.05) is 30.9 Å². The summed E-state index contributed by atoms with van der Waals surface area (Å²) in [7, 11) is 0. The van der Waals surface area contributed by atoms with Crippen molar-refractivity contribution in [2.45, 2.75) is 20.3 Å². The van der Waals surface area contributed by atoms with Gasteiger partial charge in [-0.3, -0.25) is 10.1 Å². The van der Waals surface area contributed by atoms with Crippen LogP contribution in [0.25, 0.3) is 0 Å². The quantitative estimate of drug-likeness (QED) is 0.287. The number of piperidine rings is 1. The number of nitrogens with two attached hydrogens (primary N) is 1. The Morgan fingerprint density at radius 3 is 2.67 bits per heavy atom. The van der Waals surface area contributed by atoms with Gasteiger partial charge in [0.15, 0.2) is 5.84 Å². The van der Waals surface area contributed by atoms with Gasteiger partial charge >= 0.3 is 5.69 Å².